The van der Waals surface area contributed by atoms with E-state index in [0.29, 0.717) is 16.4 Å². The molecule has 0 radical (unpaired) electrons. The van der Waals surface area contributed by atoms with E-state index in [1.807, 2.05) is 16.8 Å². The molecule has 0 saturated heterocycles. The minimum Gasteiger partial charge on any atom is -0.478 e. The van der Waals surface area contributed by atoms with E-state index in [9.17, 15) is 9.59 Å². The fraction of sp³-hybridized carbons (Fsp3) is 0.0833. The standard InChI is InChI=1S/C12H10N2O3S2/c15-10(5-8-3-4-18-7-8)14-12-13-6-9(19-12)1-2-11(16)17/h1-4,6-7H,5H2,(H,16,17)(H,13,14,15). The van der Waals surface area contributed by atoms with Crippen LogP contribution in [0.15, 0.2) is 29.1 Å². The highest BCUT2D eigenvalue weighted by Crippen LogP contribution is 2.19. The number of nitrogens with one attached hydrogen (secondary N) is 1. The summed E-state index contributed by atoms with van der Waals surface area (Å²) in [6.07, 6.45) is 4.30. The van der Waals surface area contributed by atoms with Gasteiger partial charge in [0.2, 0.25) is 5.91 Å². The van der Waals surface area contributed by atoms with Gasteiger partial charge in [-0.2, -0.15) is 11.3 Å². The van der Waals surface area contributed by atoms with Gasteiger partial charge in [-0.1, -0.05) is 11.3 Å². The molecule has 0 fully saturated rings. The maximum Gasteiger partial charge on any atom is 0.328 e. The Kier molecular flexibility index (Phi) is 4.43. The summed E-state index contributed by atoms with van der Waals surface area (Å²) in [6.45, 7) is 0. The van der Waals surface area contributed by atoms with E-state index in [4.69, 9.17) is 5.11 Å². The number of nitrogens with zero attached hydrogens (tertiary/aromatic N) is 1. The van der Waals surface area contributed by atoms with Gasteiger partial charge in [-0.3, -0.25) is 4.79 Å². The van der Waals surface area contributed by atoms with Crippen LogP contribution < -0.4 is 5.32 Å². The van der Waals surface area contributed by atoms with Crippen molar-refractivity contribution in [3.8, 4) is 0 Å². The molecule has 1 amide bonds. The molecule has 2 rings (SSSR count). The second kappa shape index (κ2) is 6.26. The molecule has 2 heterocycles. The first-order valence-electron chi connectivity index (χ1n) is 5.31. The molecule has 0 aromatic carbocycles. The van der Waals surface area contributed by atoms with Crippen LogP contribution in [0.3, 0.4) is 0 Å². The fourth-order valence-corrected chi connectivity index (χ4v) is 2.72. The van der Waals surface area contributed by atoms with Gasteiger partial charge in [0.1, 0.15) is 0 Å². The molecule has 2 N–H and O–H groups in total. The Morgan fingerprint density at radius 2 is 2.32 bits per heavy atom. The van der Waals surface area contributed by atoms with Crippen molar-refractivity contribution in [2.75, 3.05) is 5.32 Å². The summed E-state index contributed by atoms with van der Waals surface area (Å²) in [5.41, 5.74) is 0.963. The summed E-state index contributed by atoms with van der Waals surface area (Å²) < 4.78 is 0. The molecular weight excluding hydrogens is 284 g/mol. The summed E-state index contributed by atoms with van der Waals surface area (Å²) in [5.74, 6) is -1.15. The monoisotopic (exact) mass is 294 g/mol. The maximum atomic E-state index is 11.7. The van der Waals surface area contributed by atoms with Gasteiger partial charge in [-0.25, -0.2) is 9.78 Å². The lowest BCUT2D eigenvalue weighted by atomic mass is 10.2. The van der Waals surface area contributed by atoms with Crippen molar-refractivity contribution in [1.29, 1.82) is 0 Å². The number of rotatable bonds is 5. The number of thiazole rings is 1. The van der Waals surface area contributed by atoms with Crippen LogP contribution in [0.2, 0.25) is 0 Å². The number of hydrogen-bond donors (Lipinski definition) is 2. The Morgan fingerprint density at radius 3 is 3.00 bits per heavy atom. The van der Waals surface area contributed by atoms with E-state index in [-0.39, 0.29) is 5.91 Å². The minimum atomic E-state index is -1.02. The molecule has 19 heavy (non-hydrogen) atoms. The first-order chi connectivity index (χ1) is 9.13. The first-order valence-corrected chi connectivity index (χ1v) is 7.07. The lowest BCUT2D eigenvalue weighted by Crippen LogP contribution is -2.13. The summed E-state index contributed by atoms with van der Waals surface area (Å²) >= 11 is 2.77. The van der Waals surface area contributed by atoms with E-state index in [1.165, 1.54) is 23.6 Å². The van der Waals surface area contributed by atoms with Gasteiger partial charge in [0.05, 0.1) is 6.42 Å². The zero-order valence-electron chi connectivity index (χ0n) is 9.70. The quantitative estimate of drug-likeness (QED) is 0.830. The van der Waals surface area contributed by atoms with E-state index in [1.54, 1.807) is 11.3 Å². The number of carbonyl (C=O) groups excluding carboxylic acids is 1. The van der Waals surface area contributed by atoms with Crippen molar-refractivity contribution in [2.45, 2.75) is 6.42 Å². The van der Waals surface area contributed by atoms with Crippen molar-refractivity contribution in [3.05, 3.63) is 39.5 Å². The molecule has 0 bridgehead atoms. The summed E-state index contributed by atoms with van der Waals surface area (Å²) in [7, 11) is 0. The second-order valence-electron chi connectivity index (χ2n) is 3.60. The normalized spacial score (nSPS) is 10.7. The van der Waals surface area contributed by atoms with Gasteiger partial charge in [-0.15, -0.1) is 0 Å². The van der Waals surface area contributed by atoms with Gasteiger partial charge >= 0.3 is 5.97 Å². The molecule has 0 atom stereocenters. The molecule has 0 aliphatic carbocycles. The molecule has 0 aliphatic rings. The molecule has 2 aromatic heterocycles. The molecule has 0 saturated carbocycles. The van der Waals surface area contributed by atoms with Crippen molar-refractivity contribution in [2.24, 2.45) is 0 Å². The summed E-state index contributed by atoms with van der Waals surface area (Å²) in [5, 5.41) is 15.5. The number of thiophene rings is 1. The van der Waals surface area contributed by atoms with Crippen molar-refractivity contribution < 1.29 is 14.7 Å². The number of carbonyl (C=O) groups is 2. The highest BCUT2D eigenvalue weighted by atomic mass is 32.1. The van der Waals surface area contributed by atoms with Gasteiger partial charge < -0.3 is 10.4 Å². The van der Waals surface area contributed by atoms with Crippen molar-refractivity contribution in [1.82, 2.24) is 4.98 Å². The van der Waals surface area contributed by atoms with Crippen LogP contribution in [0, 0.1) is 0 Å². The van der Waals surface area contributed by atoms with E-state index in [2.05, 4.69) is 10.3 Å². The predicted molar refractivity (Wildman–Crippen MR) is 75.4 cm³/mol. The summed E-state index contributed by atoms with van der Waals surface area (Å²) in [4.78, 5) is 26.7. The largest absolute Gasteiger partial charge is 0.478 e. The number of carboxylic acid groups (broad SMARTS) is 1. The topological polar surface area (TPSA) is 79.3 Å². The van der Waals surface area contributed by atoms with E-state index >= 15 is 0 Å². The zero-order chi connectivity index (χ0) is 13.7. The molecule has 2 aromatic rings. The predicted octanol–water partition coefficient (Wildman–Crippen LogP) is 2.48. The van der Waals surface area contributed by atoms with E-state index < -0.39 is 5.97 Å². The van der Waals surface area contributed by atoms with Gasteiger partial charge in [-0.05, 0) is 28.5 Å². The third-order valence-corrected chi connectivity index (χ3v) is 3.71. The molecular formula is C12H10N2O3S2. The molecule has 7 heteroatoms. The first kappa shape index (κ1) is 13.4. The third kappa shape index (κ3) is 4.31. The SMILES string of the molecule is O=C(O)C=Cc1cnc(NC(=O)Cc2ccsc2)s1. The van der Waals surface area contributed by atoms with Gasteiger partial charge in [0.15, 0.2) is 5.13 Å². The van der Waals surface area contributed by atoms with Crippen LogP contribution in [-0.4, -0.2) is 22.0 Å². The summed E-state index contributed by atoms with van der Waals surface area (Å²) in [6, 6.07) is 1.90. The van der Waals surface area contributed by atoms with Gasteiger partial charge in [0.25, 0.3) is 0 Å². The average molecular weight is 294 g/mol. The molecule has 0 aliphatic heterocycles. The molecule has 0 unspecified atom stereocenters. The molecule has 98 valence electrons. The number of carboxylic acids is 1. The smallest absolute Gasteiger partial charge is 0.328 e. The Morgan fingerprint density at radius 1 is 1.47 bits per heavy atom. The van der Waals surface area contributed by atoms with Gasteiger partial charge in [0, 0.05) is 17.2 Å². The Balaban J connectivity index is 1.92. The fourth-order valence-electron chi connectivity index (χ4n) is 1.32. The van der Waals surface area contributed by atoms with E-state index in [0.717, 1.165) is 11.6 Å². The third-order valence-electron chi connectivity index (χ3n) is 2.10. The second-order valence-corrected chi connectivity index (χ2v) is 5.44. The Labute approximate surface area is 117 Å². The highest BCUT2D eigenvalue weighted by Gasteiger charge is 2.07. The van der Waals surface area contributed by atoms with Crippen LogP contribution in [-0.2, 0) is 16.0 Å². The van der Waals surface area contributed by atoms with Crippen LogP contribution >= 0.6 is 22.7 Å². The zero-order valence-corrected chi connectivity index (χ0v) is 11.3. The lowest BCUT2D eigenvalue weighted by molar-refractivity contribution is -0.131. The Bertz CT molecular complexity index is 602. The molecule has 5 nitrogen and oxygen atoms in total. The van der Waals surface area contributed by atoms with Crippen LogP contribution in [0.5, 0.6) is 0 Å². The number of hydrogen-bond acceptors (Lipinski definition) is 5. The van der Waals surface area contributed by atoms with Crippen LogP contribution in [0.4, 0.5) is 5.13 Å². The van der Waals surface area contributed by atoms with Crippen LogP contribution in [0.25, 0.3) is 6.08 Å². The Hall–Kier alpha value is -1.99. The van der Waals surface area contributed by atoms with Crippen molar-refractivity contribution in [3.63, 3.8) is 0 Å². The molecule has 0 spiro atoms. The number of aliphatic carboxylic acids is 1. The number of anilines is 1. The number of aromatic nitrogens is 1. The average Bonchev–Trinajstić information content (AvgIpc) is 2.98. The van der Waals surface area contributed by atoms with Crippen LogP contribution in [0.1, 0.15) is 10.4 Å². The highest BCUT2D eigenvalue weighted by molar-refractivity contribution is 7.16. The minimum absolute atomic E-state index is 0.137. The van der Waals surface area contributed by atoms with Crippen molar-refractivity contribution >= 4 is 45.8 Å². The number of amides is 1. The maximum absolute atomic E-state index is 11.7. The lowest BCUT2D eigenvalue weighted by Gasteiger charge is -1.98.